The summed E-state index contributed by atoms with van der Waals surface area (Å²) in [5, 5.41) is 8.57. The highest BCUT2D eigenvalue weighted by atomic mass is 19.3. The maximum atomic E-state index is 12.1. The number of ether oxygens (including phenoxy) is 1. The van der Waals surface area contributed by atoms with Crippen LogP contribution in [0.4, 0.5) is 20.2 Å². The second kappa shape index (κ2) is 4.65. The van der Waals surface area contributed by atoms with Gasteiger partial charge < -0.3 is 21.3 Å². The SMILES string of the molecule is Nc1ccc(CC(=O)O)c(OC(F)F)c1N. The van der Waals surface area contributed by atoms with E-state index in [9.17, 15) is 13.6 Å². The lowest BCUT2D eigenvalue weighted by molar-refractivity contribution is -0.136. The molecule has 0 spiro atoms. The number of hydrogen-bond acceptors (Lipinski definition) is 4. The Morgan fingerprint density at radius 2 is 2.06 bits per heavy atom. The van der Waals surface area contributed by atoms with E-state index in [4.69, 9.17) is 16.6 Å². The normalized spacial score (nSPS) is 10.4. The summed E-state index contributed by atoms with van der Waals surface area (Å²) in [4.78, 5) is 10.5. The van der Waals surface area contributed by atoms with Crippen molar-refractivity contribution >= 4 is 17.3 Å². The quantitative estimate of drug-likeness (QED) is 0.674. The van der Waals surface area contributed by atoms with Gasteiger partial charge in [0.05, 0.1) is 17.8 Å². The van der Waals surface area contributed by atoms with Crippen molar-refractivity contribution in [3.63, 3.8) is 0 Å². The summed E-state index contributed by atoms with van der Waals surface area (Å²) in [5.74, 6) is -1.55. The van der Waals surface area contributed by atoms with E-state index < -0.39 is 19.0 Å². The van der Waals surface area contributed by atoms with E-state index in [2.05, 4.69) is 4.74 Å². The van der Waals surface area contributed by atoms with E-state index in [-0.39, 0.29) is 22.7 Å². The number of carboxylic acids is 1. The number of rotatable bonds is 4. The van der Waals surface area contributed by atoms with Gasteiger partial charge in [-0.3, -0.25) is 4.79 Å². The molecule has 0 aliphatic carbocycles. The Morgan fingerprint density at radius 1 is 1.44 bits per heavy atom. The molecule has 5 nitrogen and oxygen atoms in total. The molecule has 0 radical (unpaired) electrons. The van der Waals surface area contributed by atoms with Crippen LogP contribution in [0.3, 0.4) is 0 Å². The molecule has 0 amide bonds. The van der Waals surface area contributed by atoms with Crippen LogP contribution in [0, 0.1) is 0 Å². The number of carbonyl (C=O) groups is 1. The molecule has 0 heterocycles. The number of nitrogen functional groups attached to an aromatic ring is 2. The molecule has 88 valence electrons. The molecule has 7 heteroatoms. The molecule has 16 heavy (non-hydrogen) atoms. The molecule has 1 aromatic rings. The second-order valence-corrected chi connectivity index (χ2v) is 3.01. The number of benzene rings is 1. The van der Waals surface area contributed by atoms with Gasteiger partial charge in [-0.05, 0) is 6.07 Å². The molecule has 0 unspecified atom stereocenters. The summed E-state index contributed by atoms with van der Waals surface area (Å²) in [6.45, 7) is -3.09. The number of halogens is 2. The van der Waals surface area contributed by atoms with E-state index in [0.717, 1.165) is 0 Å². The van der Waals surface area contributed by atoms with Gasteiger partial charge in [-0.25, -0.2) is 0 Å². The summed E-state index contributed by atoms with van der Waals surface area (Å²) >= 11 is 0. The van der Waals surface area contributed by atoms with Crippen molar-refractivity contribution in [2.75, 3.05) is 11.5 Å². The van der Waals surface area contributed by atoms with Crippen LogP contribution in [0.15, 0.2) is 12.1 Å². The van der Waals surface area contributed by atoms with E-state index in [0.29, 0.717) is 0 Å². The molecule has 0 fully saturated rings. The van der Waals surface area contributed by atoms with Crippen LogP contribution in [0.1, 0.15) is 5.56 Å². The van der Waals surface area contributed by atoms with Crippen LogP contribution < -0.4 is 16.2 Å². The third-order valence-corrected chi connectivity index (χ3v) is 1.86. The topological polar surface area (TPSA) is 98.6 Å². The first kappa shape index (κ1) is 12.0. The molecular weight excluding hydrogens is 222 g/mol. The maximum absolute atomic E-state index is 12.1. The zero-order valence-corrected chi connectivity index (χ0v) is 8.11. The van der Waals surface area contributed by atoms with Crippen molar-refractivity contribution in [2.24, 2.45) is 0 Å². The van der Waals surface area contributed by atoms with Gasteiger partial charge in [-0.2, -0.15) is 8.78 Å². The van der Waals surface area contributed by atoms with Gasteiger partial charge in [0, 0.05) is 5.56 Å². The Hall–Kier alpha value is -2.05. The first-order valence-corrected chi connectivity index (χ1v) is 4.25. The highest BCUT2D eigenvalue weighted by molar-refractivity contribution is 5.78. The minimum atomic E-state index is -3.09. The zero-order chi connectivity index (χ0) is 12.3. The molecule has 0 atom stereocenters. The van der Waals surface area contributed by atoms with Crippen molar-refractivity contribution in [3.8, 4) is 5.75 Å². The number of anilines is 2. The monoisotopic (exact) mass is 232 g/mol. The fourth-order valence-electron chi connectivity index (χ4n) is 1.19. The van der Waals surface area contributed by atoms with Crippen LogP contribution in [-0.2, 0) is 11.2 Å². The van der Waals surface area contributed by atoms with Crippen LogP contribution in [0.2, 0.25) is 0 Å². The van der Waals surface area contributed by atoms with Gasteiger partial charge in [-0.15, -0.1) is 0 Å². The first-order chi connectivity index (χ1) is 7.41. The molecule has 0 saturated carbocycles. The van der Waals surface area contributed by atoms with Crippen molar-refractivity contribution in [2.45, 2.75) is 13.0 Å². The molecular formula is C9H10F2N2O3. The highest BCUT2D eigenvalue weighted by Crippen LogP contribution is 2.33. The zero-order valence-electron chi connectivity index (χ0n) is 8.11. The lowest BCUT2D eigenvalue weighted by atomic mass is 10.1. The number of carboxylic acid groups (broad SMARTS) is 1. The van der Waals surface area contributed by atoms with Crippen molar-refractivity contribution in [3.05, 3.63) is 17.7 Å². The Balaban J connectivity index is 3.15. The molecule has 0 bridgehead atoms. The number of nitrogens with two attached hydrogens (primary N) is 2. The van der Waals surface area contributed by atoms with Crippen LogP contribution in [0.5, 0.6) is 5.75 Å². The molecule has 5 N–H and O–H groups in total. The van der Waals surface area contributed by atoms with Crippen LogP contribution in [0.25, 0.3) is 0 Å². The van der Waals surface area contributed by atoms with Gasteiger partial charge in [-0.1, -0.05) is 6.07 Å². The Morgan fingerprint density at radius 3 is 2.56 bits per heavy atom. The average Bonchev–Trinajstić information content (AvgIpc) is 2.16. The predicted octanol–water partition coefficient (Wildman–Crippen LogP) is 1.08. The number of hydrogen-bond donors (Lipinski definition) is 3. The second-order valence-electron chi connectivity index (χ2n) is 3.01. The molecule has 0 aliphatic rings. The van der Waals surface area contributed by atoms with E-state index in [1.165, 1.54) is 12.1 Å². The van der Waals surface area contributed by atoms with Crippen molar-refractivity contribution < 1.29 is 23.4 Å². The molecule has 0 aromatic heterocycles. The summed E-state index contributed by atoms with van der Waals surface area (Å²) in [6.07, 6.45) is -0.466. The van der Waals surface area contributed by atoms with Crippen LogP contribution in [-0.4, -0.2) is 17.7 Å². The Labute approximate surface area is 89.6 Å². The fourth-order valence-corrected chi connectivity index (χ4v) is 1.19. The highest BCUT2D eigenvalue weighted by Gasteiger charge is 2.16. The third-order valence-electron chi connectivity index (χ3n) is 1.86. The van der Waals surface area contributed by atoms with Crippen molar-refractivity contribution in [1.29, 1.82) is 0 Å². The molecule has 1 aromatic carbocycles. The van der Waals surface area contributed by atoms with Gasteiger partial charge in [0.2, 0.25) is 0 Å². The lowest BCUT2D eigenvalue weighted by Crippen LogP contribution is -2.11. The largest absolute Gasteiger partial charge is 0.481 e. The predicted molar refractivity (Wildman–Crippen MR) is 53.2 cm³/mol. The smallest absolute Gasteiger partial charge is 0.387 e. The summed E-state index contributed by atoms with van der Waals surface area (Å²) in [5.41, 5.74) is 10.8. The molecule has 0 aliphatic heterocycles. The van der Waals surface area contributed by atoms with E-state index >= 15 is 0 Å². The Kier molecular flexibility index (Phi) is 3.49. The molecule has 0 saturated heterocycles. The van der Waals surface area contributed by atoms with Crippen LogP contribution >= 0.6 is 0 Å². The fraction of sp³-hybridized carbons (Fsp3) is 0.222. The number of aliphatic carboxylic acids is 1. The first-order valence-electron chi connectivity index (χ1n) is 4.25. The van der Waals surface area contributed by atoms with Gasteiger partial charge >= 0.3 is 12.6 Å². The van der Waals surface area contributed by atoms with Gasteiger partial charge in [0.1, 0.15) is 0 Å². The minimum Gasteiger partial charge on any atom is -0.481 e. The van der Waals surface area contributed by atoms with E-state index in [1.54, 1.807) is 0 Å². The Bertz CT molecular complexity index is 410. The summed E-state index contributed by atoms with van der Waals surface area (Å²) < 4.78 is 28.3. The summed E-state index contributed by atoms with van der Waals surface area (Å²) in [6, 6.07) is 2.63. The number of alkyl halides is 2. The van der Waals surface area contributed by atoms with Gasteiger partial charge in [0.15, 0.2) is 5.75 Å². The minimum absolute atomic E-state index is 0.0551. The molecule has 1 rings (SSSR count). The standard InChI is InChI=1S/C9H10F2N2O3/c10-9(11)16-8-4(3-6(14)15)1-2-5(12)7(8)13/h1-2,9H,3,12-13H2,(H,14,15). The average molecular weight is 232 g/mol. The third kappa shape index (κ3) is 2.72. The van der Waals surface area contributed by atoms with Gasteiger partial charge in [0.25, 0.3) is 0 Å². The van der Waals surface area contributed by atoms with E-state index in [1.807, 2.05) is 0 Å². The lowest BCUT2D eigenvalue weighted by Gasteiger charge is -2.13. The summed E-state index contributed by atoms with van der Waals surface area (Å²) in [7, 11) is 0. The maximum Gasteiger partial charge on any atom is 0.387 e. The van der Waals surface area contributed by atoms with Crippen molar-refractivity contribution in [1.82, 2.24) is 0 Å².